The first-order chi connectivity index (χ1) is 7.15. The van der Waals surface area contributed by atoms with Crippen molar-refractivity contribution >= 4 is 18.0 Å². The Bertz CT molecular complexity index is 458. The highest BCUT2D eigenvalue weighted by Gasteiger charge is 2.26. The lowest BCUT2D eigenvalue weighted by atomic mass is 10.1. The van der Waals surface area contributed by atoms with Crippen LogP contribution in [0.4, 0.5) is 0 Å². The fourth-order valence-electron chi connectivity index (χ4n) is 1.50. The molecule has 76 valence electrons. The third kappa shape index (κ3) is 2.13. The van der Waals surface area contributed by atoms with Crippen LogP contribution in [0.3, 0.4) is 0 Å². The van der Waals surface area contributed by atoms with Gasteiger partial charge in [0, 0.05) is 5.57 Å². The van der Waals surface area contributed by atoms with Gasteiger partial charge in [-0.05, 0) is 18.6 Å². The number of cyclic esters (lactones) is 2. The Kier molecular flexibility index (Phi) is 2.37. The molecule has 0 aliphatic carbocycles. The highest BCUT2D eigenvalue weighted by molar-refractivity contribution is 6.08. The number of aryl methyl sites for hydroxylation is 1. The van der Waals surface area contributed by atoms with Crippen molar-refractivity contribution in [1.29, 1.82) is 0 Å². The van der Waals surface area contributed by atoms with Crippen LogP contribution in [0.25, 0.3) is 6.08 Å². The minimum atomic E-state index is -0.526. The number of hydrogen-bond donors (Lipinski definition) is 0. The summed E-state index contributed by atoms with van der Waals surface area (Å²) in [6, 6.07) is 7.71. The predicted octanol–water partition coefficient (Wildman–Crippen LogP) is 1.85. The largest absolute Gasteiger partial charge is 0.389 e. The molecule has 3 heteroatoms. The van der Waals surface area contributed by atoms with Gasteiger partial charge in [0.15, 0.2) is 0 Å². The lowest BCUT2D eigenvalue weighted by Gasteiger charge is -1.96. The van der Waals surface area contributed by atoms with Gasteiger partial charge in [0.05, 0.1) is 6.42 Å². The van der Waals surface area contributed by atoms with Crippen molar-refractivity contribution in [3.05, 3.63) is 41.0 Å². The average Bonchev–Trinajstić information content (AvgIpc) is 2.45. The van der Waals surface area contributed by atoms with Crippen LogP contribution in [-0.2, 0) is 14.3 Å². The van der Waals surface area contributed by atoms with Crippen molar-refractivity contribution in [2.75, 3.05) is 0 Å². The number of hydrogen-bond acceptors (Lipinski definition) is 3. The molecule has 3 nitrogen and oxygen atoms in total. The molecule has 1 heterocycles. The summed E-state index contributed by atoms with van der Waals surface area (Å²) in [5.41, 5.74) is 2.45. The van der Waals surface area contributed by atoms with Gasteiger partial charge in [-0.25, -0.2) is 4.79 Å². The Morgan fingerprint density at radius 3 is 2.73 bits per heavy atom. The normalized spacial score (nSPS) is 18.3. The molecule has 0 atom stereocenters. The van der Waals surface area contributed by atoms with Gasteiger partial charge in [-0.15, -0.1) is 0 Å². The van der Waals surface area contributed by atoms with Crippen LogP contribution in [-0.4, -0.2) is 11.9 Å². The fourth-order valence-corrected chi connectivity index (χ4v) is 1.50. The molecule has 1 saturated heterocycles. The zero-order chi connectivity index (χ0) is 10.8. The second kappa shape index (κ2) is 3.69. The van der Waals surface area contributed by atoms with E-state index in [0.29, 0.717) is 5.57 Å². The molecule has 2 rings (SSSR count). The summed E-state index contributed by atoms with van der Waals surface area (Å²) in [6.45, 7) is 1.97. The minimum absolute atomic E-state index is 0.0762. The zero-order valence-corrected chi connectivity index (χ0v) is 8.32. The van der Waals surface area contributed by atoms with Gasteiger partial charge in [-0.1, -0.05) is 29.8 Å². The second-order valence-corrected chi connectivity index (χ2v) is 3.52. The monoisotopic (exact) mass is 202 g/mol. The molecule has 0 N–H and O–H groups in total. The Labute approximate surface area is 87.4 Å². The summed E-state index contributed by atoms with van der Waals surface area (Å²) < 4.78 is 4.43. The average molecular weight is 202 g/mol. The molecule has 0 saturated carbocycles. The Hall–Kier alpha value is -1.90. The van der Waals surface area contributed by atoms with E-state index in [1.807, 2.05) is 31.2 Å². The van der Waals surface area contributed by atoms with Crippen LogP contribution in [0, 0.1) is 6.92 Å². The van der Waals surface area contributed by atoms with Gasteiger partial charge in [0.2, 0.25) is 0 Å². The maximum atomic E-state index is 11.2. The molecule has 0 aromatic heterocycles. The lowest BCUT2D eigenvalue weighted by molar-refractivity contribution is -0.151. The van der Waals surface area contributed by atoms with Crippen molar-refractivity contribution in [3.8, 4) is 0 Å². The summed E-state index contributed by atoms with van der Waals surface area (Å²) in [7, 11) is 0. The maximum absolute atomic E-state index is 11.2. The van der Waals surface area contributed by atoms with Crippen LogP contribution in [0.15, 0.2) is 29.8 Å². The second-order valence-electron chi connectivity index (χ2n) is 3.52. The van der Waals surface area contributed by atoms with Crippen molar-refractivity contribution < 1.29 is 14.3 Å². The first kappa shape index (κ1) is 9.65. The number of benzene rings is 1. The van der Waals surface area contributed by atoms with Crippen LogP contribution in [0.5, 0.6) is 0 Å². The van der Waals surface area contributed by atoms with E-state index in [1.54, 1.807) is 6.08 Å². The van der Waals surface area contributed by atoms with Crippen LogP contribution in [0.2, 0.25) is 0 Å². The first-order valence-electron chi connectivity index (χ1n) is 4.67. The van der Waals surface area contributed by atoms with Gasteiger partial charge >= 0.3 is 11.9 Å². The Balaban J connectivity index is 2.31. The van der Waals surface area contributed by atoms with E-state index in [9.17, 15) is 9.59 Å². The molecular weight excluding hydrogens is 192 g/mol. The summed E-state index contributed by atoms with van der Waals surface area (Å²) in [6.07, 6.45) is 1.77. The highest BCUT2D eigenvalue weighted by Crippen LogP contribution is 2.18. The number of rotatable bonds is 1. The SMILES string of the molecule is Cc1cccc(C=C2CC(=O)OC2=O)c1. The molecule has 0 bridgehead atoms. The topological polar surface area (TPSA) is 43.4 Å². The molecule has 0 amide bonds. The molecule has 1 fully saturated rings. The molecule has 0 spiro atoms. The summed E-state index contributed by atoms with van der Waals surface area (Å²) >= 11 is 0. The van der Waals surface area contributed by atoms with E-state index < -0.39 is 11.9 Å². The molecule has 1 aromatic carbocycles. The molecule has 15 heavy (non-hydrogen) atoms. The molecule has 1 aromatic rings. The maximum Gasteiger partial charge on any atom is 0.342 e. The molecule has 0 unspecified atom stereocenters. The van der Waals surface area contributed by atoms with E-state index in [4.69, 9.17) is 0 Å². The summed E-state index contributed by atoms with van der Waals surface area (Å²) in [4.78, 5) is 22.0. The Morgan fingerprint density at radius 2 is 2.13 bits per heavy atom. The van der Waals surface area contributed by atoms with Crippen molar-refractivity contribution in [1.82, 2.24) is 0 Å². The smallest absolute Gasteiger partial charge is 0.342 e. The van der Waals surface area contributed by atoms with E-state index in [-0.39, 0.29) is 6.42 Å². The highest BCUT2D eigenvalue weighted by atomic mass is 16.6. The van der Waals surface area contributed by atoms with Gasteiger partial charge in [-0.2, -0.15) is 0 Å². The summed E-state index contributed by atoms with van der Waals surface area (Å²) in [5, 5.41) is 0. The number of carbonyl (C=O) groups excluding carboxylic acids is 2. The number of ether oxygens (including phenoxy) is 1. The van der Waals surface area contributed by atoms with Gasteiger partial charge in [0.1, 0.15) is 0 Å². The van der Waals surface area contributed by atoms with Gasteiger partial charge in [-0.3, -0.25) is 4.79 Å². The quantitative estimate of drug-likeness (QED) is 0.396. The van der Waals surface area contributed by atoms with E-state index >= 15 is 0 Å². The van der Waals surface area contributed by atoms with Crippen molar-refractivity contribution in [3.63, 3.8) is 0 Å². The zero-order valence-electron chi connectivity index (χ0n) is 8.32. The van der Waals surface area contributed by atoms with Crippen LogP contribution >= 0.6 is 0 Å². The first-order valence-corrected chi connectivity index (χ1v) is 4.67. The molecule has 1 aliphatic rings. The molecule has 1 aliphatic heterocycles. The van der Waals surface area contributed by atoms with Crippen molar-refractivity contribution in [2.45, 2.75) is 13.3 Å². The third-order valence-corrected chi connectivity index (χ3v) is 2.19. The molecule has 0 radical (unpaired) electrons. The molecular formula is C12H10O3. The third-order valence-electron chi connectivity index (χ3n) is 2.19. The van der Waals surface area contributed by atoms with E-state index in [2.05, 4.69) is 4.74 Å². The van der Waals surface area contributed by atoms with E-state index in [1.165, 1.54) is 0 Å². The standard InChI is InChI=1S/C12H10O3/c1-8-3-2-4-9(5-8)6-10-7-11(13)15-12(10)14/h2-6H,7H2,1H3. The fraction of sp³-hybridized carbons (Fsp3) is 0.167. The minimum Gasteiger partial charge on any atom is -0.389 e. The number of carbonyl (C=O) groups is 2. The van der Waals surface area contributed by atoms with Crippen molar-refractivity contribution in [2.24, 2.45) is 0 Å². The van der Waals surface area contributed by atoms with Crippen LogP contribution in [0.1, 0.15) is 17.5 Å². The Morgan fingerprint density at radius 1 is 1.33 bits per heavy atom. The predicted molar refractivity (Wildman–Crippen MR) is 54.9 cm³/mol. The van der Waals surface area contributed by atoms with Crippen LogP contribution < -0.4 is 0 Å². The van der Waals surface area contributed by atoms with E-state index in [0.717, 1.165) is 11.1 Å². The van der Waals surface area contributed by atoms with Gasteiger partial charge in [0.25, 0.3) is 0 Å². The summed E-state index contributed by atoms with van der Waals surface area (Å²) in [5.74, 6) is -1.000. The van der Waals surface area contributed by atoms with Gasteiger partial charge < -0.3 is 4.74 Å². The number of esters is 2. The lowest BCUT2D eigenvalue weighted by Crippen LogP contribution is -1.96.